The minimum atomic E-state index is -1.28. The molecule has 0 spiro atoms. The SMILES string of the molecule is O=C(c1ccccc1N1CCOC(F)C1)C1CCNCC1. The van der Waals surface area contributed by atoms with Crippen molar-refractivity contribution >= 4 is 11.5 Å². The van der Waals surface area contributed by atoms with Crippen molar-refractivity contribution in [1.29, 1.82) is 0 Å². The van der Waals surface area contributed by atoms with Crippen LogP contribution in [0.4, 0.5) is 10.1 Å². The maximum absolute atomic E-state index is 13.4. The first-order valence-electron chi connectivity index (χ1n) is 7.60. The molecular formula is C16H21FN2O2. The number of halogens is 1. The van der Waals surface area contributed by atoms with E-state index in [0.717, 1.165) is 37.2 Å². The zero-order chi connectivity index (χ0) is 14.7. The molecule has 2 aliphatic rings. The van der Waals surface area contributed by atoms with Crippen LogP contribution in [0, 0.1) is 5.92 Å². The first-order valence-corrected chi connectivity index (χ1v) is 7.60. The minimum Gasteiger partial charge on any atom is -0.363 e. The second-order valence-corrected chi connectivity index (χ2v) is 5.63. The van der Waals surface area contributed by atoms with E-state index in [1.54, 1.807) is 0 Å². The number of nitrogens with one attached hydrogen (secondary N) is 1. The van der Waals surface area contributed by atoms with Crippen molar-refractivity contribution in [1.82, 2.24) is 5.32 Å². The van der Waals surface area contributed by atoms with Crippen molar-refractivity contribution in [2.75, 3.05) is 37.7 Å². The van der Waals surface area contributed by atoms with Crippen LogP contribution in [0.25, 0.3) is 0 Å². The molecule has 0 radical (unpaired) electrons. The molecule has 2 fully saturated rings. The molecule has 0 bridgehead atoms. The predicted octanol–water partition coefficient (Wildman–Crippen LogP) is 2.00. The van der Waals surface area contributed by atoms with Crippen LogP contribution in [0.15, 0.2) is 24.3 Å². The molecular weight excluding hydrogens is 271 g/mol. The van der Waals surface area contributed by atoms with Gasteiger partial charge in [-0.2, -0.15) is 0 Å². The van der Waals surface area contributed by atoms with E-state index in [1.807, 2.05) is 29.2 Å². The monoisotopic (exact) mass is 292 g/mol. The highest BCUT2D eigenvalue weighted by Gasteiger charge is 2.27. The summed E-state index contributed by atoms with van der Waals surface area (Å²) in [6.45, 7) is 2.95. The van der Waals surface area contributed by atoms with Crippen LogP contribution < -0.4 is 10.2 Å². The summed E-state index contributed by atoms with van der Waals surface area (Å²) in [7, 11) is 0. The van der Waals surface area contributed by atoms with Crippen LogP contribution in [0.2, 0.25) is 0 Å². The van der Waals surface area contributed by atoms with Crippen molar-refractivity contribution in [3.8, 4) is 0 Å². The van der Waals surface area contributed by atoms with Crippen molar-refractivity contribution in [2.45, 2.75) is 19.2 Å². The fourth-order valence-corrected chi connectivity index (χ4v) is 3.09. The summed E-state index contributed by atoms with van der Waals surface area (Å²) < 4.78 is 18.4. The number of Topliss-reactive ketones (excluding diaryl/α,β-unsaturated/α-hetero) is 1. The van der Waals surface area contributed by atoms with Crippen molar-refractivity contribution in [2.24, 2.45) is 5.92 Å². The lowest BCUT2D eigenvalue weighted by Gasteiger charge is -2.33. The van der Waals surface area contributed by atoms with Gasteiger partial charge in [-0.1, -0.05) is 12.1 Å². The van der Waals surface area contributed by atoms with Crippen molar-refractivity contribution in [3.63, 3.8) is 0 Å². The molecule has 4 nitrogen and oxygen atoms in total. The van der Waals surface area contributed by atoms with Gasteiger partial charge in [0, 0.05) is 23.7 Å². The molecule has 1 unspecified atom stereocenters. The number of ketones is 1. The van der Waals surface area contributed by atoms with Gasteiger partial charge in [0.2, 0.25) is 6.36 Å². The molecule has 5 heteroatoms. The number of carbonyl (C=O) groups is 1. The number of hydrogen-bond donors (Lipinski definition) is 1. The number of anilines is 1. The Labute approximate surface area is 124 Å². The Balaban J connectivity index is 1.83. The van der Waals surface area contributed by atoms with E-state index >= 15 is 0 Å². The molecule has 1 N–H and O–H groups in total. The number of ether oxygens (including phenoxy) is 1. The van der Waals surface area contributed by atoms with Gasteiger partial charge >= 0.3 is 0 Å². The third-order valence-corrected chi connectivity index (χ3v) is 4.24. The molecule has 1 aromatic carbocycles. The van der Waals surface area contributed by atoms with E-state index in [4.69, 9.17) is 4.74 Å². The Morgan fingerprint density at radius 3 is 2.81 bits per heavy atom. The molecule has 2 heterocycles. The number of hydrogen-bond acceptors (Lipinski definition) is 4. The quantitative estimate of drug-likeness (QED) is 0.865. The first kappa shape index (κ1) is 14.5. The third-order valence-electron chi connectivity index (χ3n) is 4.24. The van der Waals surface area contributed by atoms with Gasteiger partial charge in [0.05, 0.1) is 13.2 Å². The number of alkyl halides is 1. The lowest BCUT2D eigenvalue weighted by molar-refractivity contribution is -0.0465. The second-order valence-electron chi connectivity index (χ2n) is 5.63. The van der Waals surface area contributed by atoms with E-state index in [0.29, 0.717) is 13.2 Å². The number of para-hydroxylation sites is 1. The van der Waals surface area contributed by atoms with Gasteiger partial charge in [0.1, 0.15) is 0 Å². The Kier molecular flexibility index (Phi) is 4.51. The Morgan fingerprint density at radius 2 is 2.05 bits per heavy atom. The Hall–Kier alpha value is -1.46. The van der Waals surface area contributed by atoms with E-state index < -0.39 is 6.36 Å². The largest absolute Gasteiger partial charge is 0.363 e. The normalized spacial score (nSPS) is 24.0. The van der Waals surface area contributed by atoms with Crippen LogP contribution in [-0.2, 0) is 4.74 Å². The molecule has 1 atom stereocenters. The van der Waals surface area contributed by atoms with Crippen LogP contribution in [-0.4, -0.2) is 44.9 Å². The van der Waals surface area contributed by atoms with Crippen LogP contribution >= 0.6 is 0 Å². The summed E-state index contributed by atoms with van der Waals surface area (Å²) in [5.41, 5.74) is 1.56. The molecule has 0 aliphatic carbocycles. The van der Waals surface area contributed by atoms with Crippen LogP contribution in [0.1, 0.15) is 23.2 Å². The van der Waals surface area contributed by atoms with Crippen molar-refractivity contribution in [3.05, 3.63) is 29.8 Å². The maximum atomic E-state index is 13.4. The highest BCUT2D eigenvalue weighted by Crippen LogP contribution is 2.27. The van der Waals surface area contributed by atoms with Gasteiger partial charge in [0.15, 0.2) is 5.78 Å². The predicted molar refractivity (Wildman–Crippen MR) is 79.4 cm³/mol. The van der Waals surface area contributed by atoms with E-state index in [2.05, 4.69) is 5.32 Å². The number of piperidine rings is 1. The molecule has 0 saturated carbocycles. The van der Waals surface area contributed by atoms with Crippen LogP contribution in [0.3, 0.4) is 0 Å². The summed E-state index contributed by atoms with van der Waals surface area (Å²) in [5, 5.41) is 3.28. The van der Waals surface area contributed by atoms with Gasteiger partial charge < -0.3 is 15.0 Å². The topological polar surface area (TPSA) is 41.6 Å². The zero-order valence-electron chi connectivity index (χ0n) is 12.1. The van der Waals surface area contributed by atoms with Crippen LogP contribution in [0.5, 0.6) is 0 Å². The summed E-state index contributed by atoms with van der Waals surface area (Å²) in [5.74, 6) is 0.267. The summed E-state index contributed by atoms with van der Waals surface area (Å²) in [4.78, 5) is 14.7. The van der Waals surface area contributed by atoms with Crippen molar-refractivity contribution < 1.29 is 13.9 Å². The number of morpholine rings is 1. The molecule has 0 aromatic heterocycles. The van der Waals surface area contributed by atoms with Gasteiger partial charge in [-0.15, -0.1) is 0 Å². The summed E-state index contributed by atoms with van der Waals surface area (Å²) in [6.07, 6.45) is 0.477. The number of nitrogens with zero attached hydrogens (tertiary/aromatic N) is 1. The third kappa shape index (κ3) is 3.24. The molecule has 2 aliphatic heterocycles. The average molecular weight is 292 g/mol. The highest BCUT2D eigenvalue weighted by atomic mass is 19.1. The number of benzene rings is 1. The molecule has 0 amide bonds. The first-order chi connectivity index (χ1) is 10.3. The van der Waals surface area contributed by atoms with E-state index in [1.165, 1.54) is 0 Å². The second kappa shape index (κ2) is 6.54. The smallest absolute Gasteiger partial charge is 0.216 e. The van der Waals surface area contributed by atoms with Gasteiger partial charge in [-0.05, 0) is 38.1 Å². The molecule has 1 aromatic rings. The van der Waals surface area contributed by atoms with Gasteiger partial charge in [-0.3, -0.25) is 4.79 Å². The van der Waals surface area contributed by atoms with E-state index in [9.17, 15) is 9.18 Å². The maximum Gasteiger partial charge on any atom is 0.216 e. The Morgan fingerprint density at radius 1 is 1.29 bits per heavy atom. The summed E-state index contributed by atoms with van der Waals surface area (Å²) in [6, 6.07) is 7.55. The number of carbonyl (C=O) groups excluding carboxylic acids is 1. The highest BCUT2D eigenvalue weighted by molar-refractivity contribution is 6.02. The fourth-order valence-electron chi connectivity index (χ4n) is 3.09. The Bertz CT molecular complexity index is 503. The zero-order valence-corrected chi connectivity index (χ0v) is 12.1. The average Bonchev–Trinajstić information content (AvgIpc) is 2.55. The lowest BCUT2D eigenvalue weighted by Crippen LogP contribution is -2.41. The molecule has 2 saturated heterocycles. The van der Waals surface area contributed by atoms with Gasteiger partial charge in [0.25, 0.3) is 0 Å². The van der Waals surface area contributed by atoms with E-state index in [-0.39, 0.29) is 18.2 Å². The fraction of sp³-hybridized carbons (Fsp3) is 0.562. The lowest BCUT2D eigenvalue weighted by atomic mass is 9.88. The van der Waals surface area contributed by atoms with Gasteiger partial charge in [-0.25, -0.2) is 4.39 Å². The number of rotatable bonds is 3. The molecule has 21 heavy (non-hydrogen) atoms. The minimum absolute atomic E-state index is 0.0783. The summed E-state index contributed by atoms with van der Waals surface area (Å²) >= 11 is 0. The standard InChI is InChI=1S/C16H21FN2O2/c17-15-11-19(9-10-21-15)14-4-2-1-3-13(14)16(20)12-5-7-18-8-6-12/h1-4,12,15,18H,5-11H2. The molecule has 3 rings (SSSR count). The molecule has 114 valence electrons.